The number of benzene rings is 1. The minimum absolute atomic E-state index is 0.0798. The van der Waals surface area contributed by atoms with Crippen LogP contribution < -0.4 is 5.73 Å². The van der Waals surface area contributed by atoms with Gasteiger partial charge in [-0.15, -0.1) is 0 Å². The Kier molecular flexibility index (Phi) is 4.20. The zero-order valence-corrected chi connectivity index (χ0v) is 10.8. The zero-order chi connectivity index (χ0) is 13.0. The molecule has 1 fully saturated rings. The number of carbonyl (C=O) groups is 1. The molecule has 0 spiro atoms. The first-order valence-corrected chi connectivity index (χ1v) is 6.42. The summed E-state index contributed by atoms with van der Waals surface area (Å²) in [4.78, 5) is 13.9. The fraction of sp³-hybridized carbons (Fsp3) is 0.500. The summed E-state index contributed by atoms with van der Waals surface area (Å²) in [5.74, 6) is 0.0798. The van der Waals surface area contributed by atoms with E-state index in [1.54, 1.807) is 0 Å². The van der Waals surface area contributed by atoms with E-state index < -0.39 is 0 Å². The van der Waals surface area contributed by atoms with Crippen LogP contribution in [0.2, 0.25) is 0 Å². The van der Waals surface area contributed by atoms with Crippen molar-refractivity contribution < 1.29 is 9.53 Å². The van der Waals surface area contributed by atoms with Crippen LogP contribution in [0, 0.1) is 0 Å². The molecule has 1 aromatic rings. The van der Waals surface area contributed by atoms with Crippen molar-refractivity contribution in [3.8, 4) is 0 Å². The van der Waals surface area contributed by atoms with Gasteiger partial charge in [0.2, 0.25) is 5.91 Å². The molecule has 1 aromatic carbocycles. The molecule has 0 aliphatic heterocycles. The van der Waals surface area contributed by atoms with E-state index in [-0.39, 0.29) is 12.5 Å². The Morgan fingerprint density at radius 1 is 1.39 bits per heavy atom. The first kappa shape index (κ1) is 12.9. The molecular weight excluding hydrogens is 228 g/mol. The second kappa shape index (κ2) is 5.87. The molecule has 0 unspecified atom stereocenters. The van der Waals surface area contributed by atoms with Crippen molar-refractivity contribution >= 4 is 11.6 Å². The van der Waals surface area contributed by atoms with E-state index in [1.165, 1.54) is 0 Å². The molecule has 0 bridgehead atoms. The molecule has 0 aromatic heterocycles. The molecule has 4 nitrogen and oxygen atoms in total. The molecule has 1 amide bonds. The average Bonchev–Trinajstić information content (AvgIpc) is 3.19. The molecule has 1 saturated carbocycles. The lowest BCUT2D eigenvalue weighted by Crippen LogP contribution is -2.35. The first-order chi connectivity index (χ1) is 8.70. The number of anilines is 1. The lowest BCUT2D eigenvalue weighted by Gasteiger charge is -2.22. The Bertz CT molecular complexity index is 399. The summed E-state index contributed by atoms with van der Waals surface area (Å²) in [6.07, 6.45) is 2.21. The van der Waals surface area contributed by atoms with E-state index in [9.17, 15) is 4.79 Å². The third kappa shape index (κ3) is 3.47. The molecule has 1 aliphatic carbocycles. The van der Waals surface area contributed by atoms with E-state index in [0.29, 0.717) is 19.2 Å². The highest BCUT2D eigenvalue weighted by atomic mass is 16.5. The van der Waals surface area contributed by atoms with E-state index >= 15 is 0 Å². The number of hydrogen-bond acceptors (Lipinski definition) is 3. The number of nitrogen functional groups attached to an aromatic ring is 1. The van der Waals surface area contributed by atoms with Gasteiger partial charge < -0.3 is 15.4 Å². The van der Waals surface area contributed by atoms with Gasteiger partial charge in [0, 0.05) is 24.9 Å². The summed E-state index contributed by atoms with van der Waals surface area (Å²) in [6, 6.07) is 8.08. The molecule has 0 atom stereocenters. The predicted molar refractivity (Wildman–Crippen MR) is 70.9 cm³/mol. The van der Waals surface area contributed by atoms with Crippen LogP contribution in [0.5, 0.6) is 0 Å². The Balaban J connectivity index is 1.97. The number of ether oxygens (including phenoxy) is 1. The molecule has 98 valence electrons. The van der Waals surface area contributed by atoms with E-state index in [2.05, 4.69) is 0 Å². The minimum atomic E-state index is 0.0798. The summed E-state index contributed by atoms with van der Waals surface area (Å²) < 4.78 is 5.20. The molecule has 4 heteroatoms. The van der Waals surface area contributed by atoms with Gasteiger partial charge in [-0.2, -0.15) is 0 Å². The van der Waals surface area contributed by atoms with Gasteiger partial charge in [-0.3, -0.25) is 4.79 Å². The molecule has 1 aliphatic rings. The molecule has 2 N–H and O–H groups in total. The van der Waals surface area contributed by atoms with Crippen molar-refractivity contribution in [2.24, 2.45) is 0 Å². The lowest BCUT2D eigenvalue weighted by atomic mass is 10.2. The van der Waals surface area contributed by atoms with Gasteiger partial charge >= 0.3 is 0 Å². The number of nitrogens with zero attached hydrogens (tertiary/aromatic N) is 1. The van der Waals surface area contributed by atoms with Crippen LogP contribution in [0.15, 0.2) is 24.3 Å². The van der Waals surface area contributed by atoms with Gasteiger partial charge in [-0.05, 0) is 37.5 Å². The molecular formula is C14H20N2O2. The maximum Gasteiger partial charge on any atom is 0.249 e. The number of amides is 1. The molecule has 18 heavy (non-hydrogen) atoms. The van der Waals surface area contributed by atoms with E-state index in [0.717, 1.165) is 24.1 Å². The largest absolute Gasteiger partial charge is 0.399 e. The minimum Gasteiger partial charge on any atom is -0.399 e. The molecule has 0 heterocycles. The fourth-order valence-electron chi connectivity index (χ4n) is 1.90. The monoisotopic (exact) mass is 248 g/mol. The zero-order valence-electron chi connectivity index (χ0n) is 10.8. The maximum absolute atomic E-state index is 12.0. The van der Waals surface area contributed by atoms with E-state index in [4.69, 9.17) is 10.5 Å². The first-order valence-electron chi connectivity index (χ1n) is 6.42. The highest BCUT2D eigenvalue weighted by Crippen LogP contribution is 2.28. The Morgan fingerprint density at radius 3 is 2.61 bits per heavy atom. The predicted octanol–water partition coefficient (Wildman–Crippen LogP) is 1.80. The second-order valence-electron chi connectivity index (χ2n) is 4.63. The molecule has 0 radical (unpaired) electrons. The van der Waals surface area contributed by atoms with Gasteiger partial charge in [0.05, 0.1) is 0 Å². The van der Waals surface area contributed by atoms with Crippen LogP contribution in [0.3, 0.4) is 0 Å². The van der Waals surface area contributed by atoms with Crippen LogP contribution >= 0.6 is 0 Å². The quantitative estimate of drug-likeness (QED) is 0.781. The summed E-state index contributed by atoms with van der Waals surface area (Å²) >= 11 is 0. The van der Waals surface area contributed by atoms with Gasteiger partial charge in [0.15, 0.2) is 0 Å². The van der Waals surface area contributed by atoms with Gasteiger partial charge in [-0.25, -0.2) is 0 Å². The van der Waals surface area contributed by atoms with Crippen LogP contribution in [-0.4, -0.2) is 30.1 Å². The number of rotatable bonds is 6. The molecule has 2 rings (SSSR count). The number of carbonyl (C=O) groups excluding carboxylic acids is 1. The van der Waals surface area contributed by atoms with Gasteiger partial charge in [-0.1, -0.05) is 12.1 Å². The van der Waals surface area contributed by atoms with Crippen molar-refractivity contribution in [1.29, 1.82) is 0 Å². The summed E-state index contributed by atoms with van der Waals surface area (Å²) in [5.41, 5.74) is 7.51. The van der Waals surface area contributed by atoms with Gasteiger partial charge in [0.25, 0.3) is 0 Å². The fourth-order valence-corrected chi connectivity index (χ4v) is 1.90. The topological polar surface area (TPSA) is 55.6 Å². The third-order valence-electron chi connectivity index (χ3n) is 3.07. The Labute approximate surface area is 108 Å². The smallest absolute Gasteiger partial charge is 0.249 e. The SMILES string of the molecule is CCOCC(=O)N(Cc1ccc(N)cc1)C1CC1. The second-order valence-corrected chi connectivity index (χ2v) is 4.63. The van der Waals surface area contributed by atoms with Crippen molar-refractivity contribution in [3.05, 3.63) is 29.8 Å². The maximum atomic E-state index is 12.0. The van der Waals surface area contributed by atoms with Crippen LogP contribution in [-0.2, 0) is 16.1 Å². The standard InChI is InChI=1S/C14H20N2O2/c1-2-18-10-14(17)16(13-7-8-13)9-11-3-5-12(15)6-4-11/h3-6,13H,2,7-10,15H2,1H3. The Morgan fingerprint density at radius 2 is 2.06 bits per heavy atom. The Hall–Kier alpha value is -1.55. The normalized spacial score (nSPS) is 14.5. The number of nitrogens with two attached hydrogens (primary N) is 1. The highest BCUT2D eigenvalue weighted by molar-refractivity contribution is 5.78. The summed E-state index contributed by atoms with van der Waals surface area (Å²) in [7, 11) is 0. The van der Waals surface area contributed by atoms with Gasteiger partial charge in [0.1, 0.15) is 6.61 Å². The third-order valence-corrected chi connectivity index (χ3v) is 3.07. The summed E-state index contributed by atoms with van der Waals surface area (Å²) in [6.45, 7) is 3.31. The molecule has 0 saturated heterocycles. The lowest BCUT2D eigenvalue weighted by molar-refractivity contribution is -0.137. The van der Waals surface area contributed by atoms with Crippen molar-refractivity contribution in [2.75, 3.05) is 18.9 Å². The number of hydrogen-bond donors (Lipinski definition) is 1. The van der Waals surface area contributed by atoms with Crippen molar-refractivity contribution in [2.45, 2.75) is 32.4 Å². The highest BCUT2D eigenvalue weighted by Gasteiger charge is 2.32. The van der Waals surface area contributed by atoms with Crippen molar-refractivity contribution in [3.63, 3.8) is 0 Å². The average molecular weight is 248 g/mol. The van der Waals surface area contributed by atoms with Crippen LogP contribution in [0.1, 0.15) is 25.3 Å². The van der Waals surface area contributed by atoms with E-state index in [1.807, 2.05) is 36.1 Å². The summed E-state index contributed by atoms with van der Waals surface area (Å²) in [5, 5.41) is 0. The van der Waals surface area contributed by atoms with Crippen molar-refractivity contribution in [1.82, 2.24) is 4.90 Å². The van der Waals surface area contributed by atoms with Crippen LogP contribution in [0.25, 0.3) is 0 Å². The van der Waals surface area contributed by atoms with Crippen LogP contribution in [0.4, 0.5) is 5.69 Å².